The summed E-state index contributed by atoms with van der Waals surface area (Å²) in [7, 11) is -2.13. The standard InChI is InChI=1S/C22H22F2N4O4S/c1-13-9-14(12-28(2)21(13)29)18-11-20(27-33(30,31)16-5-3-4-6-16)26-22(25-18)32-19-8-7-15(23)10-17(19)24/h7-12,16H,3-6H2,1-2H3,(H,25,26,27). The third-order valence-electron chi connectivity index (χ3n) is 5.45. The molecule has 1 aliphatic carbocycles. The van der Waals surface area contributed by atoms with Crippen molar-refractivity contribution in [3.63, 3.8) is 0 Å². The molecule has 0 saturated heterocycles. The molecule has 0 radical (unpaired) electrons. The maximum Gasteiger partial charge on any atom is 0.324 e. The summed E-state index contributed by atoms with van der Waals surface area (Å²) in [5, 5.41) is -0.533. The number of aryl methyl sites for hydroxylation is 2. The van der Waals surface area contributed by atoms with Gasteiger partial charge in [0.15, 0.2) is 11.6 Å². The summed E-state index contributed by atoms with van der Waals surface area (Å²) in [6, 6.07) is 5.43. The minimum atomic E-state index is -3.71. The predicted octanol–water partition coefficient (Wildman–Crippen LogP) is 3.91. The maximum atomic E-state index is 14.1. The van der Waals surface area contributed by atoms with Crippen molar-refractivity contribution in [2.45, 2.75) is 37.9 Å². The Kier molecular flexibility index (Phi) is 6.15. The highest BCUT2D eigenvalue weighted by molar-refractivity contribution is 7.93. The van der Waals surface area contributed by atoms with Crippen LogP contribution in [0, 0.1) is 18.6 Å². The minimum absolute atomic E-state index is 0.0593. The van der Waals surface area contributed by atoms with Crippen LogP contribution in [-0.2, 0) is 17.1 Å². The molecule has 1 aliphatic rings. The fraction of sp³-hybridized carbons (Fsp3) is 0.318. The average molecular weight is 477 g/mol. The minimum Gasteiger partial charge on any atom is -0.421 e. The second-order valence-corrected chi connectivity index (χ2v) is 9.94. The number of sulfonamides is 1. The molecule has 0 unspecified atom stereocenters. The lowest BCUT2D eigenvalue weighted by Gasteiger charge is -2.15. The summed E-state index contributed by atoms with van der Waals surface area (Å²) in [6.45, 7) is 1.64. The Balaban J connectivity index is 1.78. The molecule has 2 heterocycles. The molecule has 33 heavy (non-hydrogen) atoms. The van der Waals surface area contributed by atoms with Gasteiger partial charge in [0.1, 0.15) is 11.6 Å². The van der Waals surface area contributed by atoms with Crippen molar-refractivity contribution >= 4 is 15.8 Å². The van der Waals surface area contributed by atoms with Crippen LogP contribution >= 0.6 is 0 Å². The van der Waals surface area contributed by atoms with Gasteiger partial charge < -0.3 is 9.30 Å². The van der Waals surface area contributed by atoms with Crippen molar-refractivity contribution in [3.05, 3.63) is 64.1 Å². The number of aromatic nitrogens is 3. The van der Waals surface area contributed by atoms with E-state index in [-0.39, 0.29) is 28.8 Å². The first kappa shape index (κ1) is 22.8. The Morgan fingerprint density at radius 2 is 1.85 bits per heavy atom. The average Bonchev–Trinajstić information content (AvgIpc) is 3.29. The third kappa shape index (κ3) is 5.03. The highest BCUT2D eigenvalue weighted by Crippen LogP contribution is 2.30. The molecule has 1 fully saturated rings. The molecule has 3 aromatic rings. The molecule has 0 bridgehead atoms. The maximum absolute atomic E-state index is 14.1. The molecule has 0 amide bonds. The van der Waals surface area contributed by atoms with E-state index in [4.69, 9.17) is 4.74 Å². The van der Waals surface area contributed by atoms with E-state index in [1.807, 2.05) is 0 Å². The molecule has 1 N–H and O–H groups in total. The molecule has 0 aliphatic heterocycles. The summed E-state index contributed by atoms with van der Waals surface area (Å²) >= 11 is 0. The van der Waals surface area contributed by atoms with E-state index in [0.29, 0.717) is 30.0 Å². The number of anilines is 1. The first-order chi connectivity index (χ1) is 15.6. The van der Waals surface area contributed by atoms with Gasteiger partial charge in [-0.1, -0.05) is 12.8 Å². The zero-order valence-corrected chi connectivity index (χ0v) is 18.8. The van der Waals surface area contributed by atoms with Gasteiger partial charge in [-0.05, 0) is 38.0 Å². The number of hydrogen-bond acceptors (Lipinski definition) is 6. The van der Waals surface area contributed by atoms with Crippen LogP contribution in [0.1, 0.15) is 31.2 Å². The Morgan fingerprint density at radius 3 is 2.52 bits per heavy atom. The monoisotopic (exact) mass is 476 g/mol. The van der Waals surface area contributed by atoms with Crippen molar-refractivity contribution in [1.82, 2.24) is 14.5 Å². The van der Waals surface area contributed by atoms with Crippen LogP contribution in [0.2, 0.25) is 0 Å². The van der Waals surface area contributed by atoms with Crippen molar-refractivity contribution in [2.75, 3.05) is 4.72 Å². The number of nitrogens with zero attached hydrogens (tertiary/aromatic N) is 3. The van der Waals surface area contributed by atoms with E-state index in [1.54, 1.807) is 20.0 Å². The van der Waals surface area contributed by atoms with Crippen molar-refractivity contribution in [3.8, 4) is 23.0 Å². The largest absolute Gasteiger partial charge is 0.421 e. The summed E-state index contributed by atoms with van der Waals surface area (Å²) in [5.74, 6) is -2.12. The number of hydrogen-bond donors (Lipinski definition) is 1. The zero-order valence-electron chi connectivity index (χ0n) is 18.0. The molecule has 0 spiro atoms. The van der Waals surface area contributed by atoms with Crippen LogP contribution in [0.5, 0.6) is 11.8 Å². The smallest absolute Gasteiger partial charge is 0.324 e. The molecule has 0 atom stereocenters. The molecule has 11 heteroatoms. The Bertz CT molecular complexity index is 1340. The lowest BCUT2D eigenvalue weighted by molar-refractivity contribution is 0.409. The van der Waals surface area contributed by atoms with Crippen LogP contribution in [0.15, 0.2) is 41.3 Å². The number of rotatable bonds is 6. The summed E-state index contributed by atoms with van der Waals surface area (Å²) in [6.07, 6.45) is 4.30. The normalized spacial score (nSPS) is 14.4. The van der Waals surface area contributed by atoms with Gasteiger partial charge in [-0.25, -0.2) is 17.2 Å². The summed E-state index contributed by atoms with van der Waals surface area (Å²) in [4.78, 5) is 20.4. The van der Waals surface area contributed by atoms with Gasteiger partial charge in [0, 0.05) is 36.5 Å². The number of ether oxygens (including phenoxy) is 1. The molecular weight excluding hydrogens is 454 g/mol. The molecule has 8 nitrogen and oxygen atoms in total. The van der Waals surface area contributed by atoms with Crippen molar-refractivity contribution in [1.29, 1.82) is 0 Å². The SMILES string of the molecule is Cc1cc(-c2cc(NS(=O)(=O)C3CCCC3)nc(Oc3ccc(F)cc3F)n2)cn(C)c1=O. The number of benzene rings is 1. The van der Waals surface area contributed by atoms with E-state index in [9.17, 15) is 22.0 Å². The number of nitrogens with one attached hydrogen (secondary N) is 1. The van der Waals surface area contributed by atoms with Gasteiger partial charge in [0.2, 0.25) is 10.0 Å². The summed E-state index contributed by atoms with van der Waals surface area (Å²) < 4.78 is 62.2. The molecule has 174 valence electrons. The number of pyridine rings is 1. The van der Waals surface area contributed by atoms with E-state index in [0.717, 1.165) is 25.0 Å². The van der Waals surface area contributed by atoms with Crippen LogP contribution in [0.4, 0.5) is 14.6 Å². The third-order valence-corrected chi connectivity index (χ3v) is 7.29. The van der Waals surface area contributed by atoms with E-state index < -0.39 is 26.9 Å². The van der Waals surface area contributed by atoms with Gasteiger partial charge in [-0.3, -0.25) is 9.52 Å². The van der Waals surface area contributed by atoms with Crippen molar-refractivity contribution in [2.24, 2.45) is 7.05 Å². The highest BCUT2D eigenvalue weighted by Gasteiger charge is 2.29. The Hall–Kier alpha value is -3.34. The molecule has 1 saturated carbocycles. The van der Waals surface area contributed by atoms with Crippen LogP contribution < -0.4 is 15.0 Å². The lowest BCUT2D eigenvalue weighted by atomic mass is 10.1. The van der Waals surface area contributed by atoms with Crippen molar-refractivity contribution < 1.29 is 21.9 Å². The van der Waals surface area contributed by atoms with Gasteiger partial charge in [0.05, 0.1) is 10.9 Å². The Morgan fingerprint density at radius 1 is 1.12 bits per heavy atom. The number of halogens is 2. The highest BCUT2D eigenvalue weighted by atomic mass is 32.2. The molecule has 1 aromatic carbocycles. The van der Waals surface area contributed by atoms with Gasteiger partial charge in [-0.2, -0.15) is 9.97 Å². The quantitative estimate of drug-likeness (QED) is 0.579. The van der Waals surface area contributed by atoms with E-state index >= 15 is 0 Å². The summed E-state index contributed by atoms with van der Waals surface area (Å²) in [5.41, 5.74) is 1.02. The van der Waals surface area contributed by atoms with E-state index in [2.05, 4.69) is 14.7 Å². The van der Waals surface area contributed by atoms with Crippen LogP contribution in [0.3, 0.4) is 0 Å². The fourth-order valence-electron chi connectivity index (χ4n) is 3.77. The van der Waals surface area contributed by atoms with Crippen LogP contribution in [0.25, 0.3) is 11.3 Å². The topological polar surface area (TPSA) is 103 Å². The fourth-order valence-corrected chi connectivity index (χ4v) is 5.29. The lowest BCUT2D eigenvalue weighted by Crippen LogP contribution is -2.26. The predicted molar refractivity (Wildman–Crippen MR) is 119 cm³/mol. The van der Waals surface area contributed by atoms with E-state index in [1.165, 1.54) is 16.8 Å². The molecular formula is C22H22F2N4O4S. The molecule has 4 rings (SSSR count). The Labute approximate surface area is 189 Å². The van der Waals surface area contributed by atoms with Gasteiger partial charge in [-0.15, -0.1) is 0 Å². The first-order valence-electron chi connectivity index (χ1n) is 10.3. The zero-order chi connectivity index (χ0) is 23.8. The second kappa shape index (κ2) is 8.89. The van der Waals surface area contributed by atoms with Crippen LogP contribution in [-0.4, -0.2) is 28.2 Å². The van der Waals surface area contributed by atoms with Gasteiger partial charge in [0.25, 0.3) is 5.56 Å². The molecule has 2 aromatic heterocycles. The second-order valence-electron chi connectivity index (χ2n) is 7.98. The van der Waals surface area contributed by atoms with Gasteiger partial charge >= 0.3 is 6.01 Å². The first-order valence-corrected chi connectivity index (χ1v) is 11.9.